The lowest BCUT2D eigenvalue weighted by molar-refractivity contribution is -0.139. The van der Waals surface area contributed by atoms with E-state index >= 15 is 0 Å². The van der Waals surface area contributed by atoms with Crippen LogP contribution in [0, 0.1) is 0 Å². The topological polar surface area (TPSA) is 86.8 Å². The van der Waals surface area contributed by atoms with Crippen LogP contribution in [0.1, 0.15) is 38.3 Å². The standard InChI is InChI=1S/C29H35N3O4S/c1-4-20-30-29(34)23(3)31(21-24-14-8-6-9-15-24)28(33)22-32(27-19-13-12-16-25(27)5-2)37(35,36)26-17-10-7-11-18-26/h6-19,23H,4-5,20-22H2,1-3H3,(H,30,34). The monoisotopic (exact) mass is 521 g/mol. The van der Waals surface area contributed by atoms with Crippen LogP contribution in [-0.4, -0.2) is 44.3 Å². The van der Waals surface area contributed by atoms with Gasteiger partial charge < -0.3 is 10.2 Å². The van der Waals surface area contributed by atoms with Crippen LogP contribution in [0.4, 0.5) is 5.69 Å². The van der Waals surface area contributed by atoms with Gasteiger partial charge in [0.25, 0.3) is 10.0 Å². The minimum absolute atomic E-state index is 0.0945. The van der Waals surface area contributed by atoms with Gasteiger partial charge in [-0.25, -0.2) is 8.42 Å². The molecule has 0 bridgehead atoms. The number of carbonyl (C=O) groups excluding carboxylic acids is 2. The lowest BCUT2D eigenvalue weighted by atomic mass is 10.1. The van der Waals surface area contributed by atoms with Crippen molar-refractivity contribution in [3.63, 3.8) is 0 Å². The predicted octanol–water partition coefficient (Wildman–Crippen LogP) is 4.39. The quantitative estimate of drug-likeness (QED) is 0.383. The van der Waals surface area contributed by atoms with Gasteiger partial charge in [-0.15, -0.1) is 0 Å². The SMILES string of the molecule is CCCNC(=O)C(C)N(Cc1ccccc1)C(=O)CN(c1ccccc1CC)S(=O)(=O)c1ccccc1. The second-order valence-corrected chi connectivity index (χ2v) is 10.6. The van der Waals surface area contributed by atoms with Gasteiger partial charge in [0.2, 0.25) is 11.8 Å². The van der Waals surface area contributed by atoms with Gasteiger partial charge in [-0.05, 0) is 49.1 Å². The van der Waals surface area contributed by atoms with E-state index in [1.54, 1.807) is 37.3 Å². The van der Waals surface area contributed by atoms with Gasteiger partial charge >= 0.3 is 0 Å². The highest BCUT2D eigenvalue weighted by atomic mass is 32.2. The van der Waals surface area contributed by atoms with Crippen molar-refractivity contribution in [1.82, 2.24) is 10.2 Å². The minimum Gasteiger partial charge on any atom is -0.354 e. The molecule has 0 saturated carbocycles. The molecule has 3 aromatic rings. The maximum atomic E-state index is 13.9. The Labute approximate surface area is 220 Å². The van der Waals surface area contributed by atoms with E-state index in [1.807, 2.05) is 56.3 Å². The van der Waals surface area contributed by atoms with Crippen LogP contribution in [0.15, 0.2) is 89.8 Å². The third-order valence-electron chi connectivity index (χ3n) is 6.16. The molecule has 7 nitrogen and oxygen atoms in total. The van der Waals surface area contributed by atoms with E-state index in [4.69, 9.17) is 0 Å². The minimum atomic E-state index is -4.06. The van der Waals surface area contributed by atoms with Crippen molar-refractivity contribution in [3.05, 3.63) is 96.1 Å². The number of nitrogens with one attached hydrogen (secondary N) is 1. The third-order valence-corrected chi connectivity index (χ3v) is 7.94. The molecule has 8 heteroatoms. The smallest absolute Gasteiger partial charge is 0.264 e. The van der Waals surface area contributed by atoms with E-state index in [0.717, 1.165) is 21.9 Å². The number of amides is 2. The fourth-order valence-corrected chi connectivity index (χ4v) is 5.52. The summed E-state index contributed by atoms with van der Waals surface area (Å²) in [6.45, 7) is 5.80. The normalized spacial score (nSPS) is 12.0. The van der Waals surface area contributed by atoms with Crippen molar-refractivity contribution in [3.8, 4) is 0 Å². The van der Waals surface area contributed by atoms with E-state index in [1.165, 1.54) is 17.0 Å². The van der Waals surface area contributed by atoms with Gasteiger partial charge in [0.1, 0.15) is 12.6 Å². The summed E-state index contributed by atoms with van der Waals surface area (Å²) in [5.41, 5.74) is 2.10. The first-order valence-corrected chi connectivity index (χ1v) is 14.0. The molecule has 0 aliphatic carbocycles. The summed E-state index contributed by atoms with van der Waals surface area (Å²) in [6, 6.07) is 23.8. The van der Waals surface area contributed by atoms with Crippen LogP contribution in [-0.2, 0) is 32.6 Å². The third kappa shape index (κ3) is 6.98. The van der Waals surface area contributed by atoms with Crippen LogP contribution >= 0.6 is 0 Å². The molecule has 1 N–H and O–H groups in total. The second kappa shape index (κ2) is 13.1. The number of para-hydroxylation sites is 1. The molecule has 37 heavy (non-hydrogen) atoms. The number of rotatable bonds is 12. The summed E-state index contributed by atoms with van der Waals surface area (Å²) in [4.78, 5) is 28.3. The number of nitrogens with zero attached hydrogens (tertiary/aromatic N) is 2. The second-order valence-electron chi connectivity index (χ2n) is 8.78. The van der Waals surface area contributed by atoms with Crippen LogP contribution in [0.3, 0.4) is 0 Å². The van der Waals surface area contributed by atoms with Crippen LogP contribution in [0.25, 0.3) is 0 Å². The van der Waals surface area contributed by atoms with Gasteiger partial charge in [-0.3, -0.25) is 13.9 Å². The van der Waals surface area contributed by atoms with Gasteiger partial charge in [-0.1, -0.05) is 80.6 Å². The average molecular weight is 522 g/mol. The van der Waals surface area contributed by atoms with Gasteiger partial charge in [0, 0.05) is 13.1 Å². The Kier molecular flexibility index (Phi) is 9.85. The first-order chi connectivity index (χ1) is 17.8. The molecular formula is C29H35N3O4S. The highest BCUT2D eigenvalue weighted by Crippen LogP contribution is 2.28. The van der Waals surface area contributed by atoms with Crippen LogP contribution in [0.5, 0.6) is 0 Å². The van der Waals surface area contributed by atoms with Crippen molar-refractivity contribution in [2.45, 2.75) is 51.1 Å². The van der Waals surface area contributed by atoms with E-state index in [0.29, 0.717) is 18.7 Å². The van der Waals surface area contributed by atoms with E-state index in [-0.39, 0.29) is 17.3 Å². The molecule has 196 valence electrons. The molecule has 0 saturated heterocycles. The molecule has 0 aliphatic rings. The Morgan fingerprint density at radius 3 is 2.08 bits per heavy atom. The summed E-state index contributed by atoms with van der Waals surface area (Å²) in [7, 11) is -4.06. The maximum Gasteiger partial charge on any atom is 0.264 e. The first kappa shape index (κ1) is 27.9. The molecule has 0 heterocycles. The molecule has 0 fully saturated rings. The largest absolute Gasteiger partial charge is 0.354 e. The van der Waals surface area contributed by atoms with E-state index in [2.05, 4.69) is 5.32 Å². The summed E-state index contributed by atoms with van der Waals surface area (Å²) >= 11 is 0. The number of anilines is 1. The van der Waals surface area contributed by atoms with Gasteiger partial charge in [0.15, 0.2) is 0 Å². The molecule has 3 rings (SSSR count). The molecular weight excluding hydrogens is 486 g/mol. The number of carbonyl (C=O) groups is 2. The Morgan fingerprint density at radius 2 is 1.46 bits per heavy atom. The number of benzene rings is 3. The van der Waals surface area contributed by atoms with Crippen molar-refractivity contribution >= 4 is 27.5 Å². The summed E-state index contributed by atoms with van der Waals surface area (Å²) in [5, 5.41) is 2.85. The molecule has 0 aliphatic heterocycles. The summed E-state index contributed by atoms with van der Waals surface area (Å²) in [5.74, 6) is -0.744. The summed E-state index contributed by atoms with van der Waals surface area (Å²) in [6.07, 6.45) is 1.36. The van der Waals surface area contributed by atoms with Crippen molar-refractivity contribution in [2.75, 3.05) is 17.4 Å². The highest BCUT2D eigenvalue weighted by molar-refractivity contribution is 7.92. The Hall–Kier alpha value is -3.65. The molecule has 3 aromatic carbocycles. The highest BCUT2D eigenvalue weighted by Gasteiger charge is 2.33. The van der Waals surface area contributed by atoms with Gasteiger partial charge in [0.05, 0.1) is 10.6 Å². The zero-order valence-corrected chi connectivity index (χ0v) is 22.4. The van der Waals surface area contributed by atoms with E-state index in [9.17, 15) is 18.0 Å². The van der Waals surface area contributed by atoms with Crippen LogP contribution in [0.2, 0.25) is 0 Å². The van der Waals surface area contributed by atoms with Gasteiger partial charge in [-0.2, -0.15) is 0 Å². The first-order valence-electron chi connectivity index (χ1n) is 12.6. The Morgan fingerprint density at radius 1 is 0.865 bits per heavy atom. The average Bonchev–Trinajstić information content (AvgIpc) is 2.93. The molecule has 0 radical (unpaired) electrons. The maximum absolute atomic E-state index is 13.9. The summed E-state index contributed by atoms with van der Waals surface area (Å²) < 4.78 is 28.8. The lowest BCUT2D eigenvalue weighted by Crippen LogP contribution is -2.51. The molecule has 0 aromatic heterocycles. The predicted molar refractivity (Wildman–Crippen MR) is 147 cm³/mol. The molecule has 2 amide bonds. The van der Waals surface area contributed by atoms with E-state index < -0.39 is 28.5 Å². The molecule has 1 atom stereocenters. The lowest BCUT2D eigenvalue weighted by Gasteiger charge is -2.32. The fraction of sp³-hybridized carbons (Fsp3) is 0.310. The van der Waals surface area contributed by atoms with Crippen molar-refractivity contribution in [2.24, 2.45) is 0 Å². The zero-order valence-electron chi connectivity index (χ0n) is 21.6. The Bertz CT molecular complexity index is 1280. The number of hydrogen-bond acceptors (Lipinski definition) is 4. The number of sulfonamides is 1. The fourth-order valence-electron chi connectivity index (χ4n) is 4.04. The number of aryl methyl sites for hydroxylation is 1. The van der Waals surface area contributed by atoms with Crippen molar-refractivity contribution in [1.29, 1.82) is 0 Å². The van der Waals surface area contributed by atoms with Crippen molar-refractivity contribution < 1.29 is 18.0 Å². The Balaban J connectivity index is 2.03. The van der Waals surface area contributed by atoms with Crippen LogP contribution < -0.4 is 9.62 Å². The molecule has 0 spiro atoms. The molecule has 1 unspecified atom stereocenters. The number of hydrogen-bond donors (Lipinski definition) is 1. The zero-order chi connectivity index (χ0) is 26.8.